The minimum atomic E-state index is -0.383. The average molecular weight is 519 g/mol. The maximum absolute atomic E-state index is 13.7. The molecule has 1 aliphatic heterocycles. The first-order valence-corrected chi connectivity index (χ1v) is 13.6. The molecular formula is C30H31FN2O3S. The zero-order valence-corrected chi connectivity index (χ0v) is 21.9. The fraction of sp³-hybridized carbons (Fsp3) is 0.300. The third-order valence-corrected chi connectivity index (χ3v) is 7.95. The summed E-state index contributed by atoms with van der Waals surface area (Å²) in [6.07, 6.45) is 3.58. The molecule has 1 fully saturated rings. The molecule has 4 aromatic rings. The molecule has 2 heterocycles. The number of phenols is 1. The van der Waals surface area contributed by atoms with Crippen molar-refractivity contribution in [3.8, 4) is 17.2 Å². The van der Waals surface area contributed by atoms with Crippen molar-refractivity contribution >= 4 is 32.9 Å². The molecule has 0 aliphatic carbocycles. The van der Waals surface area contributed by atoms with Gasteiger partial charge in [0.2, 0.25) is 5.78 Å². The van der Waals surface area contributed by atoms with Crippen LogP contribution in [0.15, 0.2) is 60.7 Å². The van der Waals surface area contributed by atoms with Gasteiger partial charge in [-0.05, 0) is 92.5 Å². The predicted octanol–water partition coefficient (Wildman–Crippen LogP) is 7.36. The van der Waals surface area contributed by atoms with Crippen molar-refractivity contribution in [1.29, 1.82) is 0 Å². The van der Waals surface area contributed by atoms with Crippen molar-refractivity contribution in [1.82, 2.24) is 4.90 Å². The number of hydrogen-bond acceptors (Lipinski definition) is 6. The molecule has 37 heavy (non-hydrogen) atoms. The van der Waals surface area contributed by atoms with Crippen LogP contribution >= 0.6 is 11.3 Å². The van der Waals surface area contributed by atoms with E-state index in [2.05, 4.69) is 17.1 Å². The molecule has 0 radical (unpaired) electrons. The van der Waals surface area contributed by atoms with Gasteiger partial charge in [-0.3, -0.25) is 4.79 Å². The normalized spacial score (nSPS) is 15.8. The number of aryl methyl sites for hydroxylation is 1. The monoisotopic (exact) mass is 518 g/mol. The number of halogens is 1. The number of thiophene rings is 1. The molecule has 0 amide bonds. The number of phenolic OH excluding ortho intramolecular Hbond substituents is 1. The van der Waals surface area contributed by atoms with Gasteiger partial charge in [-0.15, -0.1) is 11.3 Å². The molecule has 1 saturated heterocycles. The number of carbonyl (C=O) groups excluding carboxylic acids is 1. The smallest absolute Gasteiger partial charge is 0.207 e. The van der Waals surface area contributed by atoms with Gasteiger partial charge in [-0.2, -0.15) is 0 Å². The van der Waals surface area contributed by atoms with Crippen molar-refractivity contribution in [3.05, 3.63) is 82.5 Å². The van der Waals surface area contributed by atoms with Crippen molar-refractivity contribution in [2.45, 2.75) is 39.2 Å². The Morgan fingerprint density at radius 3 is 2.73 bits per heavy atom. The highest BCUT2D eigenvalue weighted by molar-refractivity contribution is 7.21. The molecule has 7 heteroatoms. The molecule has 1 aliphatic rings. The van der Waals surface area contributed by atoms with Crippen LogP contribution < -0.4 is 10.1 Å². The zero-order valence-electron chi connectivity index (χ0n) is 21.1. The van der Waals surface area contributed by atoms with E-state index in [0.717, 1.165) is 41.8 Å². The number of carbonyl (C=O) groups is 1. The van der Waals surface area contributed by atoms with Crippen LogP contribution in [0.1, 0.15) is 47.0 Å². The van der Waals surface area contributed by atoms with E-state index in [1.165, 1.54) is 42.4 Å². The fourth-order valence-corrected chi connectivity index (χ4v) is 5.94. The van der Waals surface area contributed by atoms with E-state index in [1.54, 1.807) is 25.1 Å². The Balaban J connectivity index is 1.38. The lowest BCUT2D eigenvalue weighted by molar-refractivity contribution is 0.104. The third-order valence-electron chi connectivity index (χ3n) is 6.81. The summed E-state index contributed by atoms with van der Waals surface area (Å²) in [7, 11) is 0. The van der Waals surface area contributed by atoms with Crippen LogP contribution in [-0.2, 0) is 0 Å². The summed E-state index contributed by atoms with van der Waals surface area (Å²) in [5, 5.41) is 14.4. The minimum absolute atomic E-state index is 0.118. The number of ether oxygens (including phenoxy) is 1. The first-order chi connectivity index (χ1) is 17.9. The molecule has 5 nitrogen and oxygen atoms in total. The van der Waals surface area contributed by atoms with Crippen molar-refractivity contribution in [3.63, 3.8) is 0 Å². The van der Waals surface area contributed by atoms with Crippen LogP contribution in [0.5, 0.6) is 17.2 Å². The number of benzene rings is 3. The highest BCUT2D eigenvalue weighted by Crippen LogP contribution is 2.43. The van der Waals surface area contributed by atoms with Crippen LogP contribution in [0.2, 0.25) is 0 Å². The first-order valence-electron chi connectivity index (χ1n) is 12.7. The number of unbranched alkanes of at least 4 members (excludes halogenated alkanes) is 1. The lowest BCUT2D eigenvalue weighted by Crippen LogP contribution is -2.26. The first kappa shape index (κ1) is 25.2. The number of aromatic hydroxyl groups is 1. The molecule has 2 N–H and O–H groups in total. The maximum Gasteiger partial charge on any atom is 0.207 e. The topological polar surface area (TPSA) is 61.8 Å². The van der Waals surface area contributed by atoms with Gasteiger partial charge in [-0.1, -0.05) is 13.3 Å². The van der Waals surface area contributed by atoms with Crippen LogP contribution in [0.3, 0.4) is 0 Å². The number of likely N-dealkylation sites (tertiary alicyclic amines) is 1. The third kappa shape index (κ3) is 5.63. The Kier molecular flexibility index (Phi) is 7.44. The largest absolute Gasteiger partial charge is 0.508 e. The summed E-state index contributed by atoms with van der Waals surface area (Å²) >= 11 is 1.26. The SMILES string of the molecule is CCCCN1CC[C@@H](Nc2ccc(Oc3c(C(=O)c4ccc(F)cc4C)sc4cc(O)ccc34)cc2)C1. The standard InChI is InChI=1S/C30H31FN2O3S/c1-3-4-14-33-15-13-22(18-33)32-21-6-9-24(10-7-21)36-29-26-12-8-23(34)17-27(26)37-30(29)28(35)25-11-5-20(31)16-19(25)2/h5-12,16-17,22,32,34H,3-4,13-15,18H2,1-2H3/t22-/m1/s1. The molecule has 3 aromatic carbocycles. The lowest BCUT2D eigenvalue weighted by atomic mass is 10.0. The molecule has 0 unspecified atom stereocenters. The molecule has 0 spiro atoms. The summed E-state index contributed by atoms with van der Waals surface area (Å²) in [5.41, 5.74) is 2.02. The number of fused-ring (bicyclic) bond motifs is 1. The second-order valence-electron chi connectivity index (χ2n) is 9.64. The number of rotatable bonds is 9. The van der Waals surface area contributed by atoms with Gasteiger partial charge < -0.3 is 20.1 Å². The highest BCUT2D eigenvalue weighted by atomic mass is 32.1. The van der Waals surface area contributed by atoms with E-state index in [1.807, 2.05) is 24.3 Å². The van der Waals surface area contributed by atoms with E-state index in [9.17, 15) is 14.3 Å². The van der Waals surface area contributed by atoms with Gasteiger partial charge in [0.15, 0.2) is 5.75 Å². The Bertz CT molecular complexity index is 1420. The van der Waals surface area contributed by atoms with Gasteiger partial charge in [0, 0.05) is 40.5 Å². The maximum atomic E-state index is 13.7. The number of nitrogens with one attached hydrogen (secondary N) is 1. The summed E-state index contributed by atoms with van der Waals surface area (Å²) in [6.45, 7) is 7.28. The van der Waals surface area contributed by atoms with Gasteiger partial charge in [0.05, 0.1) is 0 Å². The van der Waals surface area contributed by atoms with Gasteiger partial charge >= 0.3 is 0 Å². The molecular weight excluding hydrogens is 487 g/mol. The second-order valence-corrected chi connectivity index (χ2v) is 10.7. The fourth-order valence-electron chi connectivity index (χ4n) is 4.82. The van der Waals surface area contributed by atoms with E-state index in [4.69, 9.17) is 4.74 Å². The average Bonchev–Trinajstić information content (AvgIpc) is 3.47. The molecule has 0 bridgehead atoms. The number of anilines is 1. The van der Waals surface area contributed by atoms with Crippen LogP contribution in [0, 0.1) is 12.7 Å². The molecule has 1 aromatic heterocycles. The van der Waals surface area contributed by atoms with Gasteiger partial charge in [0.1, 0.15) is 22.2 Å². The van der Waals surface area contributed by atoms with E-state index in [0.29, 0.717) is 33.5 Å². The summed E-state index contributed by atoms with van der Waals surface area (Å²) in [6, 6.07) is 17.3. The Labute approximate surface area is 220 Å². The van der Waals surface area contributed by atoms with Crippen molar-refractivity contribution in [2.24, 2.45) is 0 Å². The Morgan fingerprint density at radius 2 is 1.97 bits per heavy atom. The minimum Gasteiger partial charge on any atom is -0.508 e. The summed E-state index contributed by atoms with van der Waals surface area (Å²) in [5.74, 6) is 0.552. The predicted molar refractivity (Wildman–Crippen MR) is 148 cm³/mol. The van der Waals surface area contributed by atoms with E-state index < -0.39 is 0 Å². The van der Waals surface area contributed by atoms with Crippen molar-refractivity contribution in [2.75, 3.05) is 25.0 Å². The number of hydrogen-bond donors (Lipinski definition) is 2. The molecule has 0 saturated carbocycles. The van der Waals surface area contributed by atoms with Gasteiger partial charge in [-0.25, -0.2) is 4.39 Å². The Hall–Kier alpha value is -3.42. The van der Waals surface area contributed by atoms with Gasteiger partial charge in [0.25, 0.3) is 0 Å². The van der Waals surface area contributed by atoms with E-state index in [-0.39, 0.29) is 17.3 Å². The zero-order chi connectivity index (χ0) is 25.9. The van der Waals surface area contributed by atoms with Crippen molar-refractivity contribution < 1.29 is 19.0 Å². The summed E-state index contributed by atoms with van der Waals surface area (Å²) < 4.78 is 20.7. The van der Waals surface area contributed by atoms with E-state index >= 15 is 0 Å². The highest BCUT2D eigenvalue weighted by Gasteiger charge is 2.24. The number of nitrogens with zero attached hydrogens (tertiary/aromatic N) is 1. The second kappa shape index (κ2) is 10.9. The molecule has 192 valence electrons. The van der Waals surface area contributed by atoms with Crippen LogP contribution in [0.25, 0.3) is 10.1 Å². The quantitative estimate of drug-likeness (QED) is 0.227. The Morgan fingerprint density at radius 1 is 1.16 bits per heavy atom. The molecule has 5 rings (SSSR count). The summed E-state index contributed by atoms with van der Waals surface area (Å²) in [4.78, 5) is 16.4. The lowest BCUT2D eigenvalue weighted by Gasteiger charge is -2.17. The number of ketones is 1. The van der Waals surface area contributed by atoms with Crippen LogP contribution in [0.4, 0.5) is 10.1 Å². The molecule has 1 atom stereocenters. The van der Waals surface area contributed by atoms with Crippen LogP contribution in [-0.4, -0.2) is 41.5 Å².